The van der Waals surface area contributed by atoms with Gasteiger partial charge < -0.3 is 10.3 Å². The third-order valence-corrected chi connectivity index (χ3v) is 4.25. The average molecular weight is 271 g/mol. The zero-order chi connectivity index (χ0) is 13.1. The van der Waals surface area contributed by atoms with Crippen molar-refractivity contribution in [2.45, 2.75) is 26.4 Å². The maximum atomic E-state index is 4.56. The average Bonchev–Trinajstić information content (AvgIpc) is 3.07. The number of hydrogen-bond donors (Lipinski definition) is 2. The molecule has 0 fully saturated rings. The van der Waals surface area contributed by atoms with Gasteiger partial charge in [-0.15, -0.1) is 11.3 Å². The number of nitrogens with one attached hydrogen (secondary N) is 2. The number of hydrogen-bond acceptors (Lipinski definition) is 3. The molecule has 0 radical (unpaired) electrons. The van der Waals surface area contributed by atoms with Crippen LogP contribution >= 0.6 is 11.3 Å². The lowest BCUT2D eigenvalue weighted by Crippen LogP contribution is -2.13. The van der Waals surface area contributed by atoms with Gasteiger partial charge in [0.05, 0.1) is 10.7 Å². The highest BCUT2D eigenvalue weighted by molar-refractivity contribution is 7.09. The number of aromatic amines is 1. The highest BCUT2D eigenvalue weighted by Gasteiger charge is 2.03. The van der Waals surface area contributed by atoms with Crippen LogP contribution in [0.2, 0.25) is 0 Å². The van der Waals surface area contributed by atoms with E-state index in [0.29, 0.717) is 0 Å². The molecule has 0 saturated heterocycles. The van der Waals surface area contributed by atoms with Crippen molar-refractivity contribution in [2.75, 3.05) is 0 Å². The van der Waals surface area contributed by atoms with Gasteiger partial charge in [0, 0.05) is 35.6 Å². The van der Waals surface area contributed by atoms with Crippen LogP contribution in [0.4, 0.5) is 0 Å². The fraction of sp³-hybridized carbons (Fsp3) is 0.267. The van der Waals surface area contributed by atoms with Gasteiger partial charge in [0.1, 0.15) is 0 Å². The first-order valence-corrected chi connectivity index (χ1v) is 7.43. The lowest BCUT2D eigenvalue weighted by molar-refractivity contribution is 0.684. The van der Waals surface area contributed by atoms with Crippen LogP contribution in [-0.2, 0) is 19.5 Å². The van der Waals surface area contributed by atoms with Gasteiger partial charge in [-0.1, -0.05) is 19.1 Å². The summed E-state index contributed by atoms with van der Waals surface area (Å²) in [5.41, 5.74) is 3.66. The van der Waals surface area contributed by atoms with E-state index in [1.54, 1.807) is 11.3 Å². The third-order valence-electron chi connectivity index (χ3n) is 3.21. The molecule has 0 unspecified atom stereocenters. The van der Waals surface area contributed by atoms with E-state index in [1.165, 1.54) is 21.5 Å². The van der Waals surface area contributed by atoms with Crippen LogP contribution in [0.5, 0.6) is 0 Å². The van der Waals surface area contributed by atoms with E-state index in [2.05, 4.69) is 51.9 Å². The van der Waals surface area contributed by atoms with Gasteiger partial charge >= 0.3 is 0 Å². The minimum Gasteiger partial charge on any atom is -0.361 e. The molecule has 2 heterocycles. The van der Waals surface area contributed by atoms with Crippen molar-refractivity contribution in [3.63, 3.8) is 0 Å². The number of H-pyrrole nitrogens is 1. The summed E-state index contributed by atoms with van der Waals surface area (Å²) in [6.07, 6.45) is 3.01. The van der Waals surface area contributed by atoms with E-state index in [4.69, 9.17) is 0 Å². The summed E-state index contributed by atoms with van der Waals surface area (Å²) in [5, 5.41) is 8.12. The van der Waals surface area contributed by atoms with Gasteiger partial charge in [-0.2, -0.15) is 0 Å². The Labute approximate surface area is 116 Å². The molecule has 0 aliphatic carbocycles. The Balaban J connectivity index is 1.64. The van der Waals surface area contributed by atoms with Gasteiger partial charge in [0.25, 0.3) is 0 Å². The van der Waals surface area contributed by atoms with Gasteiger partial charge in [0.15, 0.2) is 0 Å². The van der Waals surface area contributed by atoms with Crippen molar-refractivity contribution in [1.29, 1.82) is 0 Å². The summed E-state index contributed by atoms with van der Waals surface area (Å²) in [6, 6.07) is 8.49. The topological polar surface area (TPSA) is 40.7 Å². The lowest BCUT2D eigenvalue weighted by atomic mass is 10.1. The highest BCUT2D eigenvalue weighted by atomic mass is 32.1. The molecule has 3 aromatic rings. The summed E-state index contributed by atoms with van der Waals surface area (Å²) in [4.78, 5) is 7.80. The van der Waals surface area contributed by atoms with Crippen molar-refractivity contribution in [2.24, 2.45) is 0 Å². The molecule has 2 N–H and O–H groups in total. The number of thiazole rings is 1. The Hall–Kier alpha value is -1.65. The standard InChI is InChI=1S/C15H17N3S/c1-2-15-18-12(10-19-15)9-16-8-11-4-3-5-14-13(11)6-7-17-14/h3-7,10,16-17H,2,8-9H2,1H3. The molecule has 2 aromatic heterocycles. The summed E-state index contributed by atoms with van der Waals surface area (Å²) in [5.74, 6) is 0. The monoisotopic (exact) mass is 271 g/mol. The van der Waals surface area contributed by atoms with Gasteiger partial charge in [-0.25, -0.2) is 4.98 Å². The smallest absolute Gasteiger partial charge is 0.0926 e. The predicted molar refractivity (Wildman–Crippen MR) is 80.3 cm³/mol. The fourth-order valence-electron chi connectivity index (χ4n) is 2.22. The first-order valence-electron chi connectivity index (χ1n) is 6.56. The Morgan fingerprint density at radius 1 is 1.26 bits per heavy atom. The largest absolute Gasteiger partial charge is 0.361 e. The van der Waals surface area contributed by atoms with Crippen LogP contribution in [-0.4, -0.2) is 9.97 Å². The second-order valence-electron chi connectivity index (χ2n) is 4.55. The molecule has 19 heavy (non-hydrogen) atoms. The number of nitrogens with zero attached hydrogens (tertiary/aromatic N) is 1. The van der Waals surface area contributed by atoms with E-state index in [0.717, 1.165) is 25.2 Å². The molecule has 3 nitrogen and oxygen atoms in total. The van der Waals surface area contributed by atoms with E-state index in [-0.39, 0.29) is 0 Å². The van der Waals surface area contributed by atoms with Crippen molar-refractivity contribution in [3.05, 3.63) is 52.1 Å². The number of fused-ring (bicyclic) bond motifs is 1. The zero-order valence-electron chi connectivity index (χ0n) is 10.9. The zero-order valence-corrected chi connectivity index (χ0v) is 11.8. The van der Waals surface area contributed by atoms with Crippen LogP contribution in [0.1, 0.15) is 23.2 Å². The first-order chi connectivity index (χ1) is 9.36. The van der Waals surface area contributed by atoms with Crippen LogP contribution in [0.15, 0.2) is 35.8 Å². The number of rotatable bonds is 5. The molecule has 0 saturated carbocycles. The second kappa shape index (κ2) is 5.55. The van der Waals surface area contributed by atoms with E-state index in [9.17, 15) is 0 Å². The Morgan fingerprint density at radius 3 is 3.05 bits per heavy atom. The van der Waals surface area contributed by atoms with E-state index in [1.807, 2.05) is 6.20 Å². The fourth-order valence-corrected chi connectivity index (χ4v) is 2.97. The highest BCUT2D eigenvalue weighted by Crippen LogP contribution is 2.17. The van der Waals surface area contributed by atoms with Gasteiger partial charge in [-0.3, -0.25) is 0 Å². The molecule has 0 atom stereocenters. The minimum absolute atomic E-state index is 0.831. The first kappa shape index (κ1) is 12.4. The molecular weight excluding hydrogens is 254 g/mol. The van der Waals surface area contributed by atoms with Crippen molar-refractivity contribution in [1.82, 2.24) is 15.3 Å². The van der Waals surface area contributed by atoms with Crippen LogP contribution in [0.3, 0.4) is 0 Å². The molecule has 0 spiro atoms. The van der Waals surface area contributed by atoms with Crippen molar-refractivity contribution >= 4 is 22.2 Å². The van der Waals surface area contributed by atoms with Gasteiger partial charge in [0.2, 0.25) is 0 Å². The van der Waals surface area contributed by atoms with E-state index < -0.39 is 0 Å². The number of aromatic nitrogens is 2. The summed E-state index contributed by atoms with van der Waals surface area (Å²) < 4.78 is 0. The number of aryl methyl sites for hydroxylation is 1. The molecule has 0 aliphatic heterocycles. The summed E-state index contributed by atoms with van der Waals surface area (Å²) >= 11 is 1.74. The molecule has 0 bridgehead atoms. The predicted octanol–water partition coefficient (Wildman–Crippen LogP) is 3.48. The van der Waals surface area contributed by atoms with Crippen LogP contribution in [0, 0.1) is 0 Å². The molecular formula is C15H17N3S. The third kappa shape index (κ3) is 2.69. The quantitative estimate of drug-likeness (QED) is 0.746. The lowest BCUT2D eigenvalue weighted by Gasteiger charge is -2.04. The Morgan fingerprint density at radius 2 is 2.21 bits per heavy atom. The maximum Gasteiger partial charge on any atom is 0.0926 e. The molecule has 0 aliphatic rings. The molecule has 98 valence electrons. The molecule has 0 amide bonds. The molecule has 4 heteroatoms. The molecule has 1 aromatic carbocycles. The van der Waals surface area contributed by atoms with Crippen LogP contribution in [0.25, 0.3) is 10.9 Å². The molecule has 3 rings (SSSR count). The van der Waals surface area contributed by atoms with Crippen LogP contribution < -0.4 is 5.32 Å². The Kier molecular flexibility index (Phi) is 3.62. The van der Waals surface area contributed by atoms with Gasteiger partial charge in [-0.05, 0) is 24.1 Å². The SMILES string of the molecule is CCc1nc(CNCc2cccc3[nH]ccc23)cs1. The van der Waals surface area contributed by atoms with E-state index >= 15 is 0 Å². The summed E-state index contributed by atoms with van der Waals surface area (Å²) in [6.45, 7) is 3.84. The van der Waals surface area contributed by atoms with Crippen molar-refractivity contribution < 1.29 is 0 Å². The second-order valence-corrected chi connectivity index (χ2v) is 5.49. The normalized spacial score (nSPS) is 11.2. The van der Waals surface area contributed by atoms with Crippen molar-refractivity contribution in [3.8, 4) is 0 Å². The number of benzene rings is 1. The maximum absolute atomic E-state index is 4.56. The Bertz CT molecular complexity index is 669. The summed E-state index contributed by atoms with van der Waals surface area (Å²) in [7, 11) is 0. The minimum atomic E-state index is 0.831.